The summed E-state index contributed by atoms with van der Waals surface area (Å²) in [5.41, 5.74) is 4.16. The maximum atomic E-state index is 13.0. The van der Waals surface area contributed by atoms with Gasteiger partial charge in [-0.3, -0.25) is 9.69 Å². The molecule has 50 heavy (non-hydrogen) atoms. The number of carbonyl (C=O) groups excluding carboxylic acids is 1. The molecule has 1 unspecified atom stereocenters. The molecule has 14 heteroatoms. The quantitative estimate of drug-likeness (QED) is 0.0915. The third-order valence-electron chi connectivity index (χ3n) is 9.73. The summed E-state index contributed by atoms with van der Waals surface area (Å²) in [4.78, 5) is 27.1. The van der Waals surface area contributed by atoms with Crippen molar-refractivity contribution in [2.24, 2.45) is 4.99 Å². The number of aromatic hydroxyl groups is 1. The van der Waals surface area contributed by atoms with Crippen LogP contribution in [0.25, 0.3) is 10.9 Å². The molecule has 1 aromatic heterocycles. The smallest absolute Gasteiger partial charge is 0.413 e. The van der Waals surface area contributed by atoms with Gasteiger partial charge in [0.1, 0.15) is 12.2 Å². The minimum Gasteiger partial charge on any atom is -0.494 e. The molecule has 1 amide bonds. The number of carbonyl (C=O) groups is 1. The second-order valence-corrected chi connectivity index (χ2v) is 13.2. The average molecular weight is 685 g/mol. The molecule has 0 bridgehead atoms. The van der Waals surface area contributed by atoms with E-state index >= 15 is 0 Å². The SMILES string of the molecule is CC1O[C@H](CO)[C@@H](O)[C@H](O)[C@H]1NB(O)c1ccc2c(C(=Nc3ccc(N(C)C(=O)CN4CCN(C)CC4)cc3)c3ccccc3)c(O)[nH]c2c1. The van der Waals surface area contributed by atoms with E-state index in [-0.39, 0.29) is 11.8 Å². The predicted molar refractivity (Wildman–Crippen MR) is 193 cm³/mol. The number of piperazine rings is 1. The van der Waals surface area contributed by atoms with Crippen molar-refractivity contribution in [1.29, 1.82) is 0 Å². The Labute approximate surface area is 291 Å². The summed E-state index contributed by atoms with van der Waals surface area (Å²) in [5.74, 6) is -0.0826. The van der Waals surface area contributed by atoms with Gasteiger partial charge in [-0.2, -0.15) is 0 Å². The fraction of sp³-hybridized carbons (Fsp3) is 0.389. The minimum absolute atomic E-state index is 0.0184. The number of nitrogens with one attached hydrogen (secondary N) is 2. The monoisotopic (exact) mass is 684 g/mol. The van der Waals surface area contributed by atoms with Gasteiger partial charge in [-0.1, -0.05) is 42.5 Å². The first kappa shape index (κ1) is 35.7. The highest BCUT2D eigenvalue weighted by molar-refractivity contribution is 6.64. The number of anilines is 1. The molecule has 7 N–H and O–H groups in total. The van der Waals surface area contributed by atoms with E-state index in [1.54, 1.807) is 37.1 Å². The first-order valence-corrected chi connectivity index (χ1v) is 16.9. The minimum atomic E-state index is -1.33. The Morgan fingerprint density at radius 2 is 1.74 bits per heavy atom. The van der Waals surface area contributed by atoms with Crippen molar-refractivity contribution < 1.29 is 35.0 Å². The number of ether oxygens (including phenoxy) is 1. The number of likely N-dealkylation sites (N-methyl/N-ethyl adjacent to an activating group) is 2. The third kappa shape index (κ3) is 7.62. The Morgan fingerprint density at radius 3 is 2.42 bits per heavy atom. The maximum Gasteiger partial charge on any atom is 0.413 e. The molecule has 2 fully saturated rings. The highest BCUT2D eigenvalue weighted by Gasteiger charge is 2.43. The topological polar surface area (TPSA) is 177 Å². The average Bonchev–Trinajstić information content (AvgIpc) is 3.46. The summed E-state index contributed by atoms with van der Waals surface area (Å²) in [6.07, 6.45) is -4.13. The van der Waals surface area contributed by atoms with Crippen LogP contribution in [0.4, 0.5) is 11.4 Å². The standard InChI is InChI=1S/C36H45BN6O7/c1-22-32(35(47)34(46)29(21-44)50-22)40-37(49)24-9-14-27-28(19-24)39-36(48)31(27)33(23-7-5-4-6-8-23)38-25-10-12-26(13-11-25)42(3)30(45)20-43-17-15-41(2)16-18-43/h4-14,19,22,29,32,34-35,39-40,44,46-49H,15-18,20-21H2,1-3H3/t22?,29-,32+,34-,35-/m1/s1. The fourth-order valence-corrected chi connectivity index (χ4v) is 6.61. The van der Waals surface area contributed by atoms with Gasteiger partial charge in [0.05, 0.1) is 48.4 Å². The van der Waals surface area contributed by atoms with E-state index in [1.807, 2.05) is 54.6 Å². The molecule has 6 rings (SSSR count). The molecule has 3 heterocycles. The summed E-state index contributed by atoms with van der Waals surface area (Å²) in [6, 6.07) is 21.3. The highest BCUT2D eigenvalue weighted by Crippen LogP contribution is 2.32. The summed E-state index contributed by atoms with van der Waals surface area (Å²) in [5, 5.41) is 56.4. The molecule has 264 valence electrons. The van der Waals surface area contributed by atoms with Crippen molar-refractivity contribution in [2.45, 2.75) is 37.4 Å². The lowest BCUT2D eigenvalue weighted by Crippen LogP contribution is -2.66. The normalized spacial score (nSPS) is 23.7. The number of benzene rings is 3. The molecule has 0 aliphatic carbocycles. The number of hydrogen-bond donors (Lipinski definition) is 7. The molecule has 0 radical (unpaired) electrons. The Bertz CT molecular complexity index is 1800. The summed E-state index contributed by atoms with van der Waals surface area (Å²) >= 11 is 0. The van der Waals surface area contributed by atoms with Gasteiger partial charge < -0.3 is 50.2 Å². The first-order valence-electron chi connectivity index (χ1n) is 16.9. The van der Waals surface area contributed by atoms with E-state index in [4.69, 9.17) is 9.73 Å². The Kier molecular flexibility index (Phi) is 11.0. The van der Waals surface area contributed by atoms with Crippen LogP contribution < -0.4 is 15.6 Å². The van der Waals surface area contributed by atoms with Crippen LogP contribution in [0, 0.1) is 0 Å². The zero-order chi connectivity index (χ0) is 35.5. The lowest BCUT2D eigenvalue weighted by molar-refractivity contribution is -0.187. The van der Waals surface area contributed by atoms with Crippen LogP contribution in [-0.4, -0.2) is 143 Å². The van der Waals surface area contributed by atoms with Gasteiger partial charge in [0.15, 0.2) is 5.88 Å². The number of hydrogen-bond acceptors (Lipinski definition) is 11. The summed E-state index contributed by atoms with van der Waals surface area (Å²) < 4.78 is 5.63. The number of aliphatic imine (C=N–C) groups is 1. The van der Waals surface area contributed by atoms with Crippen molar-refractivity contribution in [3.8, 4) is 5.88 Å². The lowest BCUT2D eigenvalue weighted by atomic mass is 9.71. The highest BCUT2D eigenvalue weighted by atomic mass is 16.5. The van der Waals surface area contributed by atoms with E-state index in [1.165, 1.54) is 0 Å². The summed E-state index contributed by atoms with van der Waals surface area (Å²) in [7, 11) is 2.62. The van der Waals surface area contributed by atoms with E-state index in [9.17, 15) is 30.2 Å². The largest absolute Gasteiger partial charge is 0.494 e. The van der Waals surface area contributed by atoms with E-state index in [2.05, 4.69) is 27.1 Å². The van der Waals surface area contributed by atoms with Gasteiger partial charge >= 0.3 is 7.05 Å². The molecule has 4 aromatic rings. The molecule has 13 nitrogen and oxygen atoms in total. The van der Waals surface area contributed by atoms with Crippen LogP contribution in [0.3, 0.4) is 0 Å². The molecule has 2 aliphatic rings. The van der Waals surface area contributed by atoms with Gasteiger partial charge in [0.2, 0.25) is 5.91 Å². The number of aromatic amines is 1. The molecule has 3 aromatic carbocycles. The molecule has 0 spiro atoms. The number of H-pyrrole nitrogens is 1. The van der Waals surface area contributed by atoms with E-state index < -0.39 is 44.1 Å². The van der Waals surface area contributed by atoms with Gasteiger partial charge in [-0.05, 0) is 49.8 Å². The van der Waals surface area contributed by atoms with Crippen molar-refractivity contribution >= 4 is 46.4 Å². The Morgan fingerprint density at radius 1 is 1.04 bits per heavy atom. The zero-order valence-corrected chi connectivity index (χ0v) is 28.5. The number of aromatic nitrogens is 1. The zero-order valence-electron chi connectivity index (χ0n) is 28.5. The van der Waals surface area contributed by atoms with Crippen molar-refractivity contribution in [3.63, 3.8) is 0 Å². The second kappa shape index (κ2) is 15.4. The van der Waals surface area contributed by atoms with Crippen LogP contribution in [0.2, 0.25) is 0 Å². The van der Waals surface area contributed by atoms with Crippen LogP contribution in [0.15, 0.2) is 77.8 Å². The van der Waals surface area contributed by atoms with Crippen LogP contribution >= 0.6 is 0 Å². The maximum absolute atomic E-state index is 13.0. The fourth-order valence-electron chi connectivity index (χ4n) is 6.61. The van der Waals surface area contributed by atoms with Gasteiger partial charge in [-0.15, -0.1) is 0 Å². The number of amides is 1. The van der Waals surface area contributed by atoms with Gasteiger partial charge in [0, 0.05) is 55.4 Å². The number of aliphatic hydroxyl groups is 3. The van der Waals surface area contributed by atoms with Crippen molar-refractivity contribution in [1.82, 2.24) is 20.0 Å². The van der Waals surface area contributed by atoms with Crippen LogP contribution in [-0.2, 0) is 9.53 Å². The molecular formula is C36H45BN6O7. The number of fused-ring (bicyclic) bond motifs is 1. The molecule has 2 aliphatic heterocycles. The molecular weight excluding hydrogens is 639 g/mol. The lowest BCUT2D eigenvalue weighted by Gasteiger charge is -2.42. The summed E-state index contributed by atoms with van der Waals surface area (Å²) in [6.45, 7) is 5.22. The number of aliphatic hydroxyl groups excluding tert-OH is 3. The molecule has 2 saturated heterocycles. The number of rotatable bonds is 10. The molecule has 0 saturated carbocycles. The third-order valence-corrected chi connectivity index (χ3v) is 9.73. The van der Waals surface area contributed by atoms with E-state index in [0.717, 1.165) is 37.4 Å². The number of nitrogens with zero attached hydrogens (tertiary/aromatic N) is 4. The van der Waals surface area contributed by atoms with E-state index in [0.29, 0.717) is 39.9 Å². The van der Waals surface area contributed by atoms with Gasteiger partial charge in [0.25, 0.3) is 0 Å². The van der Waals surface area contributed by atoms with Crippen LogP contribution in [0.1, 0.15) is 18.1 Å². The van der Waals surface area contributed by atoms with Crippen molar-refractivity contribution in [3.05, 3.63) is 83.9 Å². The van der Waals surface area contributed by atoms with Gasteiger partial charge in [-0.25, -0.2) is 4.99 Å². The van der Waals surface area contributed by atoms with Crippen LogP contribution in [0.5, 0.6) is 5.88 Å². The molecule has 5 atom stereocenters. The Hall–Kier alpha value is -4.12. The Balaban J connectivity index is 1.24. The first-order chi connectivity index (χ1) is 24.0. The predicted octanol–water partition coefficient (Wildman–Crippen LogP) is 0.400. The van der Waals surface area contributed by atoms with Crippen molar-refractivity contribution in [2.75, 3.05) is 58.3 Å². The second-order valence-electron chi connectivity index (χ2n) is 13.2.